The van der Waals surface area contributed by atoms with Gasteiger partial charge in [0.1, 0.15) is 18.2 Å². The summed E-state index contributed by atoms with van der Waals surface area (Å²) in [7, 11) is 0. The fraction of sp³-hybridized carbons (Fsp3) is 0.353. The number of hydrogen-bond acceptors (Lipinski definition) is 6. The van der Waals surface area contributed by atoms with E-state index in [-0.39, 0.29) is 12.8 Å². The number of hydrogen-bond donors (Lipinski definition) is 1. The summed E-state index contributed by atoms with van der Waals surface area (Å²) in [6, 6.07) is 5.45. The van der Waals surface area contributed by atoms with Gasteiger partial charge < -0.3 is 5.73 Å². The Morgan fingerprint density at radius 1 is 1.31 bits per heavy atom. The van der Waals surface area contributed by atoms with E-state index in [2.05, 4.69) is 26.1 Å². The van der Waals surface area contributed by atoms with Crippen molar-refractivity contribution in [1.82, 2.24) is 24.6 Å². The number of nitrogens with zero attached hydrogens (tertiary/aromatic N) is 6. The predicted molar refractivity (Wildman–Crippen MR) is 90.6 cm³/mol. The van der Waals surface area contributed by atoms with Gasteiger partial charge in [0, 0.05) is 29.8 Å². The second kappa shape index (κ2) is 7.39. The summed E-state index contributed by atoms with van der Waals surface area (Å²) in [5, 5.41) is 13.3. The lowest BCUT2D eigenvalue weighted by atomic mass is 10.0. The first-order valence-electron chi connectivity index (χ1n) is 8.11. The Hall–Kier alpha value is -3.15. The maximum atomic E-state index is 12.4. The van der Waals surface area contributed by atoms with Crippen molar-refractivity contribution in [2.45, 2.75) is 39.0 Å². The molecule has 2 N–H and O–H groups in total. The van der Waals surface area contributed by atoms with E-state index in [0.717, 1.165) is 5.56 Å². The number of anilines is 1. The minimum Gasteiger partial charge on any atom is -0.383 e. The molecule has 0 spiro atoms. The molecule has 0 unspecified atom stereocenters. The summed E-state index contributed by atoms with van der Waals surface area (Å²) in [6.07, 6.45) is -0.189. The molecular formula is C17H17F2N7. The van der Waals surface area contributed by atoms with Gasteiger partial charge in [-0.25, -0.2) is 13.8 Å². The Bertz CT molecular complexity index is 975. The molecule has 0 fully saturated rings. The zero-order valence-electron chi connectivity index (χ0n) is 14.2. The summed E-state index contributed by atoms with van der Waals surface area (Å²) >= 11 is 0. The van der Waals surface area contributed by atoms with E-state index >= 15 is 0 Å². The van der Waals surface area contributed by atoms with Crippen molar-refractivity contribution in [2.75, 3.05) is 5.73 Å². The molecule has 0 aromatic carbocycles. The molecule has 3 aromatic heterocycles. The smallest absolute Gasteiger partial charge is 0.254 e. The van der Waals surface area contributed by atoms with E-state index in [4.69, 9.17) is 5.73 Å². The molecule has 0 saturated heterocycles. The standard InChI is InChI=1S/C17H17F2N7/c1-10-13(16(21)26-17(24-10)22-9-23-26)7-12-6-5-11(8-20)14(25-12)3-2-4-15(18)19/h5-6,9,15H,2-4,7,21H2,1H3. The Labute approximate surface area is 148 Å². The molecular weight excluding hydrogens is 340 g/mol. The number of rotatable bonds is 6. The van der Waals surface area contributed by atoms with Gasteiger partial charge in [0.25, 0.3) is 5.78 Å². The SMILES string of the molecule is Cc1nc2ncnn2c(N)c1Cc1ccc(C#N)c(CCCC(F)F)n1. The minimum absolute atomic E-state index is 0.213. The molecule has 3 heterocycles. The minimum atomic E-state index is -2.35. The molecule has 26 heavy (non-hydrogen) atoms. The van der Waals surface area contributed by atoms with E-state index in [9.17, 15) is 14.0 Å². The molecule has 0 radical (unpaired) electrons. The van der Waals surface area contributed by atoms with Gasteiger partial charge in [-0.05, 0) is 31.9 Å². The summed E-state index contributed by atoms with van der Waals surface area (Å²) in [5.41, 5.74) is 9.27. The quantitative estimate of drug-likeness (QED) is 0.726. The average molecular weight is 357 g/mol. The molecule has 0 aliphatic carbocycles. The monoisotopic (exact) mass is 357 g/mol. The average Bonchev–Trinajstić information content (AvgIpc) is 3.07. The number of aryl methyl sites for hydroxylation is 2. The Morgan fingerprint density at radius 3 is 2.85 bits per heavy atom. The highest BCUT2D eigenvalue weighted by Crippen LogP contribution is 2.20. The highest BCUT2D eigenvalue weighted by molar-refractivity contribution is 5.50. The molecule has 0 bridgehead atoms. The van der Waals surface area contributed by atoms with E-state index in [1.165, 1.54) is 10.8 Å². The van der Waals surface area contributed by atoms with Gasteiger partial charge in [0.15, 0.2) is 0 Å². The maximum absolute atomic E-state index is 12.4. The molecule has 0 amide bonds. The van der Waals surface area contributed by atoms with E-state index in [1.54, 1.807) is 12.1 Å². The van der Waals surface area contributed by atoms with Gasteiger partial charge in [-0.2, -0.15) is 19.9 Å². The Balaban J connectivity index is 1.89. The number of pyridine rings is 1. The molecule has 0 aliphatic heterocycles. The van der Waals surface area contributed by atoms with Gasteiger partial charge in [0.2, 0.25) is 6.43 Å². The Morgan fingerprint density at radius 2 is 2.12 bits per heavy atom. The van der Waals surface area contributed by atoms with Crippen LogP contribution < -0.4 is 5.73 Å². The molecule has 3 rings (SSSR count). The normalized spacial score (nSPS) is 11.2. The lowest BCUT2D eigenvalue weighted by Crippen LogP contribution is -2.10. The number of fused-ring (bicyclic) bond motifs is 1. The molecule has 134 valence electrons. The van der Waals surface area contributed by atoms with Crippen molar-refractivity contribution < 1.29 is 8.78 Å². The third-order valence-electron chi connectivity index (χ3n) is 4.12. The van der Waals surface area contributed by atoms with Crippen LogP contribution in [0.2, 0.25) is 0 Å². The van der Waals surface area contributed by atoms with Crippen LogP contribution in [0, 0.1) is 18.3 Å². The van der Waals surface area contributed by atoms with E-state index in [0.29, 0.717) is 47.1 Å². The summed E-state index contributed by atoms with van der Waals surface area (Å²) in [5.74, 6) is 0.847. The Kier molecular flexibility index (Phi) is 5.02. The predicted octanol–water partition coefficient (Wildman–Crippen LogP) is 2.46. The lowest BCUT2D eigenvalue weighted by Gasteiger charge is -2.11. The van der Waals surface area contributed by atoms with Gasteiger partial charge in [0.05, 0.1) is 11.3 Å². The first-order chi connectivity index (χ1) is 12.5. The van der Waals surface area contributed by atoms with Gasteiger partial charge in [-0.1, -0.05) is 0 Å². The van der Waals surface area contributed by atoms with Crippen LogP contribution in [0.15, 0.2) is 18.5 Å². The number of nitrogens with two attached hydrogens (primary N) is 1. The molecule has 9 heteroatoms. The maximum Gasteiger partial charge on any atom is 0.254 e. The topological polar surface area (TPSA) is 106 Å². The lowest BCUT2D eigenvalue weighted by molar-refractivity contribution is 0.135. The van der Waals surface area contributed by atoms with Gasteiger partial charge in [-0.15, -0.1) is 0 Å². The third-order valence-corrected chi connectivity index (χ3v) is 4.12. The first kappa shape index (κ1) is 17.7. The number of nitrogen functional groups attached to an aromatic ring is 1. The second-order valence-corrected chi connectivity index (χ2v) is 5.90. The van der Waals surface area contributed by atoms with Crippen LogP contribution in [0.5, 0.6) is 0 Å². The first-order valence-corrected chi connectivity index (χ1v) is 8.11. The summed E-state index contributed by atoms with van der Waals surface area (Å²) in [6.45, 7) is 1.83. The van der Waals surface area contributed by atoms with E-state index < -0.39 is 6.43 Å². The highest BCUT2D eigenvalue weighted by Gasteiger charge is 2.14. The van der Waals surface area contributed by atoms with Crippen molar-refractivity contribution >= 4 is 11.6 Å². The number of nitriles is 1. The van der Waals surface area contributed by atoms with Crippen LogP contribution in [-0.2, 0) is 12.8 Å². The fourth-order valence-corrected chi connectivity index (χ4v) is 2.77. The fourth-order valence-electron chi connectivity index (χ4n) is 2.77. The number of halogens is 2. The zero-order chi connectivity index (χ0) is 18.7. The molecule has 3 aromatic rings. The van der Waals surface area contributed by atoms with Crippen LogP contribution in [0.3, 0.4) is 0 Å². The largest absolute Gasteiger partial charge is 0.383 e. The van der Waals surface area contributed by atoms with Crippen molar-refractivity contribution in [3.63, 3.8) is 0 Å². The van der Waals surface area contributed by atoms with Crippen LogP contribution in [0.4, 0.5) is 14.6 Å². The molecule has 0 aliphatic rings. The summed E-state index contributed by atoms with van der Waals surface area (Å²) < 4.78 is 26.2. The second-order valence-electron chi connectivity index (χ2n) is 5.90. The van der Waals surface area contributed by atoms with Crippen molar-refractivity contribution in [1.29, 1.82) is 5.26 Å². The van der Waals surface area contributed by atoms with Gasteiger partial charge in [-0.3, -0.25) is 4.98 Å². The number of alkyl halides is 2. The molecule has 7 nitrogen and oxygen atoms in total. The third kappa shape index (κ3) is 3.59. The van der Waals surface area contributed by atoms with E-state index in [1.807, 2.05) is 6.92 Å². The number of aromatic nitrogens is 5. The van der Waals surface area contributed by atoms with Crippen molar-refractivity contribution in [3.05, 3.63) is 46.7 Å². The van der Waals surface area contributed by atoms with Crippen molar-refractivity contribution in [2.24, 2.45) is 0 Å². The van der Waals surface area contributed by atoms with Crippen LogP contribution >= 0.6 is 0 Å². The zero-order valence-corrected chi connectivity index (χ0v) is 14.2. The van der Waals surface area contributed by atoms with Crippen molar-refractivity contribution in [3.8, 4) is 6.07 Å². The summed E-state index contributed by atoms with van der Waals surface area (Å²) in [4.78, 5) is 12.9. The van der Waals surface area contributed by atoms with Crippen LogP contribution in [-0.4, -0.2) is 31.0 Å². The van der Waals surface area contributed by atoms with Crippen LogP contribution in [0.25, 0.3) is 5.78 Å². The molecule has 0 atom stereocenters. The highest BCUT2D eigenvalue weighted by atomic mass is 19.3. The van der Waals surface area contributed by atoms with Gasteiger partial charge >= 0.3 is 0 Å². The van der Waals surface area contributed by atoms with Crippen LogP contribution in [0.1, 0.15) is 41.1 Å². The molecule has 0 saturated carbocycles.